The molecule has 7 nitrogen and oxygen atoms in total. The summed E-state index contributed by atoms with van der Waals surface area (Å²) >= 11 is 0. The van der Waals surface area contributed by atoms with E-state index in [1.54, 1.807) is 30.7 Å². The monoisotopic (exact) mass is 378 g/mol. The first kappa shape index (κ1) is 18.2. The molecule has 1 atom stereocenters. The number of aromatic carboxylic acids is 1. The van der Waals surface area contributed by atoms with Crippen LogP contribution in [0.15, 0.2) is 42.9 Å². The van der Waals surface area contributed by atoms with Gasteiger partial charge >= 0.3 is 5.97 Å². The molecule has 1 aromatic carbocycles. The Bertz CT molecular complexity index is 1030. The second-order valence-electron chi connectivity index (χ2n) is 7.39. The molecular weight excluding hydrogens is 356 g/mol. The minimum absolute atomic E-state index is 0.00835. The summed E-state index contributed by atoms with van der Waals surface area (Å²) in [6.07, 6.45) is 6.17. The van der Waals surface area contributed by atoms with Gasteiger partial charge in [-0.1, -0.05) is 12.1 Å². The second kappa shape index (κ2) is 7.42. The number of piperidine rings is 1. The number of hydrogen-bond donors (Lipinski definition) is 1. The van der Waals surface area contributed by atoms with E-state index in [1.807, 2.05) is 28.6 Å². The second-order valence-corrected chi connectivity index (χ2v) is 7.39. The van der Waals surface area contributed by atoms with Crippen molar-refractivity contribution >= 4 is 23.0 Å². The number of imidazole rings is 1. The molecule has 144 valence electrons. The minimum atomic E-state index is -0.917. The number of pyridine rings is 1. The number of benzene rings is 1. The summed E-state index contributed by atoms with van der Waals surface area (Å²) in [6, 6.07) is 8.81. The van der Waals surface area contributed by atoms with Crippen LogP contribution in [-0.4, -0.2) is 49.5 Å². The highest BCUT2D eigenvalue weighted by atomic mass is 16.4. The Kier molecular flexibility index (Phi) is 4.81. The summed E-state index contributed by atoms with van der Waals surface area (Å²) < 4.78 is 1.83. The highest BCUT2D eigenvalue weighted by molar-refractivity contribution is 5.96. The molecule has 1 unspecified atom stereocenters. The molecule has 0 bridgehead atoms. The maximum atomic E-state index is 13.0. The van der Waals surface area contributed by atoms with Gasteiger partial charge in [0.15, 0.2) is 5.65 Å². The smallest absolute Gasteiger partial charge is 0.335 e. The third kappa shape index (κ3) is 3.60. The molecule has 0 aliphatic carbocycles. The molecule has 3 aromatic rings. The molecule has 7 heteroatoms. The van der Waals surface area contributed by atoms with Crippen LogP contribution in [0.25, 0.3) is 11.2 Å². The van der Waals surface area contributed by atoms with E-state index in [2.05, 4.69) is 9.97 Å². The Morgan fingerprint density at radius 1 is 1.18 bits per heavy atom. The molecule has 1 aliphatic rings. The van der Waals surface area contributed by atoms with Crippen LogP contribution < -0.4 is 0 Å². The van der Waals surface area contributed by atoms with E-state index in [1.165, 1.54) is 0 Å². The normalized spacial score (nSPS) is 17.0. The van der Waals surface area contributed by atoms with Crippen LogP contribution in [0.5, 0.6) is 0 Å². The molecule has 0 spiro atoms. The van der Waals surface area contributed by atoms with Crippen LogP contribution in [0.4, 0.5) is 0 Å². The first-order valence-electron chi connectivity index (χ1n) is 9.40. The number of carbonyl (C=O) groups is 2. The van der Waals surface area contributed by atoms with E-state index in [9.17, 15) is 9.59 Å². The maximum absolute atomic E-state index is 13.0. The number of likely N-dealkylation sites (tertiary alicyclic amines) is 1. The van der Waals surface area contributed by atoms with Crippen molar-refractivity contribution in [1.29, 1.82) is 0 Å². The third-order valence-corrected chi connectivity index (χ3v) is 5.33. The Hall–Kier alpha value is -3.22. The Morgan fingerprint density at radius 3 is 2.71 bits per heavy atom. The number of nitrogens with zero attached hydrogens (tertiary/aromatic N) is 4. The Morgan fingerprint density at radius 2 is 1.96 bits per heavy atom. The van der Waals surface area contributed by atoms with Gasteiger partial charge in [-0.2, -0.15) is 0 Å². The van der Waals surface area contributed by atoms with Crippen molar-refractivity contribution in [3.05, 3.63) is 59.5 Å². The number of rotatable bonds is 4. The molecule has 1 N–H and O–H groups in total. The fourth-order valence-electron chi connectivity index (χ4n) is 3.85. The number of hydrogen-bond acceptors (Lipinski definition) is 4. The van der Waals surface area contributed by atoms with Crippen molar-refractivity contribution in [2.45, 2.75) is 19.3 Å². The van der Waals surface area contributed by atoms with Crippen molar-refractivity contribution in [1.82, 2.24) is 19.4 Å². The first-order valence-corrected chi connectivity index (χ1v) is 9.40. The van der Waals surface area contributed by atoms with E-state index in [0.29, 0.717) is 23.6 Å². The Balaban J connectivity index is 1.44. The van der Waals surface area contributed by atoms with Crippen molar-refractivity contribution < 1.29 is 14.7 Å². The molecule has 28 heavy (non-hydrogen) atoms. The number of carboxylic acids is 1. The van der Waals surface area contributed by atoms with Gasteiger partial charge in [-0.3, -0.25) is 4.79 Å². The van der Waals surface area contributed by atoms with Crippen molar-refractivity contribution in [3.63, 3.8) is 0 Å². The van der Waals surface area contributed by atoms with E-state index in [4.69, 9.17) is 5.11 Å². The van der Waals surface area contributed by atoms with Gasteiger partial charge in [0.1, 0.15) is 5.52 Å². The lowest BCUT2D eigenvalue weighted by Gasteiger charge is -2.33. The quantitative estimate of drug-likeness (QED) is 0.754. The van der Waals surface area contributed by atoms with Gasteiger partial charge in [0.05, 0.1) is 17.5 Å². The van der Waals surface area contributed by atoms with Crippen LogP contribution >= 0.6 is 0 Å². The van der Waals surface area contributed by atoms with Gasteiger partial charge in [0.2, 0.25) is 0 Å². The SMILES string of the molecule is Cn1cnc2cc(C(=O)N3CCCC(Cc4ccc(C(=O)O)cc4)C3)cnc21. The lowest BCUT2D eigenvalue weighted by Crippen LogP contribution is -2.40. The fraction of sp³-hybridized carbons (Fsp3) is 0.333. The molecule has 4 rings (SSSR count). The summed E-state index contributed by atoms with van der Waals surface area (Å²) in [5.74, 6) is -0.564. The lowest BCUT2D eigenvalue weighted by molar-refractivity contribution is 0.0669. The highest BCUT2D eigenvalue weighted by Gasteiger charge is 2.25. The summed E-state index contributed by atoms with van der Waals surface area (Å²) in [5.41, 5.74) is 3.44. The number of carbonyl (C=O) groups excluding carboxylic acids is 1. The zero-order valence-corrected chi connectivity index (χ0v) is 15.7. The summed E-state index contributed by atoms with van der Waals surface area (Å²) in [6.45, 7) is 1.44. The van der Waals surface area contributed by atoms with E-state index in [0.717, 1.165) is 42.5 Å². The van der Waals surface area contributed by atoms with E-state index >= 15 is 0 Å². The van der Waals surface area contributed by atoms with Gasteiger partial charge in [0.25, 0.3) is 5.91 Å². The van der Waals surface area contributed by atoms with Crippen molar-refractivity contribution in [2.75, 3.05) is 13.1 Å². The summed E-state index contributed by atoms with van der Waals surface area (Å²) in [4.78, 5) is 34.5. The Labute approximate surface area is 162 Å². The van der Waals surface area contributed by atoms with Crippen LogP contribution in [0, 0.1) is 5.92 Å². The molecule has 2 aromatic heterocycles. The number of fused-ring (bicyclic) bond motifs is 1. The molecule has 0 saturated carbocycles. The van der Waals surface area contributed by atoms with E-state index in [-0.39, 0.29) is 5.91 Å². The molecule has 1 fully saturated rings. The molecule has 3 heterocycles. The number of amides is 1. The summed E-state index contributed by atoms with van der Waals surface area (Å²) in [7, 11) is 1.88. The van der Waals surface area contributed by atoms with Crippen LogP contribution in [0.2, 0.25) is 0 Å². The zero-order valence-electron chi connectivity index (χ0n) is 15.7. The topological polar surface area (TPSA) is 88.3 Å². The van der Waals surface area contributed by atoms with Gasteiger partial charge in [0, 0.05) is 26.3 Å². The van der Waals surface area contributed by atoms with Crippen molar-refractivity contribution in [2.24, 2.45) is 13.0 Å². The molecule has 0 radical (unpaired) electrons. The van der Waals surface area contributed by atoms with Crippen LogP contribution in [0.1, 0.15) is 39.1 Å². The molecular formula is C21H22N4O3. The van der Waals surface area contributed by atoms with Crippen molar-refractivity contribution in [3.8, 4) is 0 Å². The van der Waals surface area contributed by atoms with Gasteiger partial charge in [-0.25, -0.2) is 14.8 Å². The van der Waals surface area contributed by atoms with Crippen LogP contribution in [-0.2, 0) is 13.5 Å². The molecule has 1 saturated heterocycles. The predicted octanol–water partition coefficient (Wildman–Crippen LogP) is 2.76. The first-order chi connectivity index (χ1) is 13.5. The van der Waals surface area contributed by atoms with E-state index < -0.39 is 5.97 Å². The largest absolute Gasteiger partial charge is 0.478 e. The van der Waals surface area contributed by atoms with Gasteiger partial charge < -0.3 is 14.6 Å². The standard InChI is InChI=1S/C21H22N4O3/c1-24-13-23-18-10-17(11-22-19(18)24)20(26)25-8-2-3-15(12-25)9-14-4-6-16(7-5-14)21(27)28/h4-7,10-11,13,15H,2-3,8-9,12H2,1H3,(H,27,28). The average Bonchev–Trinajstić information content (AvgIpc) is 3.08. The lowest BCUT2D eigenvalue weighted by atomic mass is 9.90. The minimum Gasteiger partial charge on any atom is -0.478 e. The number of carboxylic acid groups (broad SMARTS) is 1. The summed E-state index contributed by atoms with van der Waals surface area (Å²) in [5, 5.41) is 9.01. The highest BCUT2D eigenvalue weighted by Crippen LogP contribution is 2.23. The maximum Gasteiger partial charge on any atom is 0.335 e. The molecule has 1 aliphatic heterocycles. The van der Waals surface area contributed by atoms with Gasteiger partial charge in [-0.05, 0) is 48.9 Å². The predicted molar refractivity (Wildman–Crippen MR) is 104 cm³/mol. The number of aromatic nitrogens is 3. The third-order valence-electron chi connectivity index (χ3n) is 5.33. The number of aryl methyl sites for hydroxylation is 1. The molecule has 1 amide bonds. The van der Waals surface area contributed by atoms with Crippen LogP contribution in [0.3, 0.4) is 0 Å². The fourth-order valence-corrected chi connectivity index (χ4v) is 3.85. The van der Waals surface area contributed by atoms with Gasteiger partial charge in [-0.15, -0.1) is 0 Å². The average molecular weight is 378 g/mol. The zero-order chi connectivity index (χ0) is 19.7.